The first-order chi connectivity index (χ1) is 22.9. The van der Waals surface area contributed by atoms with E-state index in [1.54, 1.807) is 0 Å². The van der Waals surface area contributed by atoms with Crippen LogP contribution in [0.2, 0.25) is 0 Å². The molecule has 0 unspecified atom stereocenters. The quantitative estimate of drug-likeness (QED) is 0.0589. The van der Waals surface area contributed by atoms with Crippen LogP contribution in [0.15, 0.2) is 0 Å². The number of nitrogens with zero attached hydrogens (tertiary/aromatic N) is 2. The van der Waals surface area contributed by atoms with Gasteiger partial charge in [0.25, 0.3) is 0 Å². The highest BCUT2D eigenvalue weighted by molar-refractivity contribution is 5.76. The molecule has 1 saturated heterocycles. The number of rotatable bonds is 31. The first kappa shape index (κ1) is 43.3. The van der Waals surface area contributed by atoms with Crippen molar-refractivity contribution in [2.45, 2.75) is 162 Å². The van der Waals surface area contributed by atoms with E-state index in [4.69, 9.17) is 9.47 Å². The van der Waals surface area contributed by atoms with Crippen LogP contribution in [0.3, 0.4) is 0 Å². The number of carbonyl (C=O) groups is 3. The number of likely N-dealkylation sites (tertiary alicyclic amines) is 1. The average Bonchev–Trinajstić information content (AvgIpc) is 3.07. The van der Waals surface area contributed by atoms with E-state index in [2.05, 4.69) is 13.8 Å². The number of aliphatic hydroxyl groups excluding tert-OH is 2. The Morgan fingerprint density at radius 3 is 1.34 bits per heavy atom. The molecule has 1 aliphatic heterocycles. The summed E-state index contributed by atoms with van der Waals surface area (Å²) < 4.78 is 11.6. The minimum atomic E-state index is -0.487. The van der Waals surface area contributed by atoms with Crippen LogP contribution in [0.1, 0.15) is 162 Å². The summed E-state index contributed by atoms with van der Waals surface area (Å²) in [5.41, 5.74) is -0.487. The average molecular weight is 669 g/mol. The highest BCUT2D eigenvalue weighted by atomic mass is 16.5. The predicted molar refractivity (Wildman–Crippen MR) is 189 cm³/mol. The molecular weight excluding hydrogens is 596 g/mol. The summed E-state index contributed by atoms with van der Waals surface area (Å²) in [5.74, 6) is -0.358. The fourth-order valence-corrected chi connectivity index (χ4v) is 6.36. The summed E-state index contributed by atoms with van der Waals surface area (Å²) in [5, 5.41) is 18.5. The van der Waals surface area contributed by atoms with Gasteiger partial charge in [0.05, 0.1) is 13.2 Å². The molecule has 0 bridgehead atoms. The molecule has 1 fully saturated rings. The van der Waals surface area contributed by atoms with E-state index >= 15 is 0 Å². The van der Waals surface area contributed by atoms with Crippen molar-refractivity contribution in [2.24, 2.45) is 5.41 Å². The lowest BCUT2D eigenvalue weighted by molar-refractivity contribution is -0.158. The topological polar surface area (TPSA) is 117 Å². The maximum absolute atomic E-state index is 13.0. The Bertz CT molecular complexity index is 740. The zero-order valence-corrected chi connectivity index (χ0v) is 30.5. The Kier molecular flexibility index (Phi) is 26.9. The summed E-state index contributed by atoms with van der Waals surface area (Å²) in [6.45, 7) is 7.20. The van der Waals surface area contributed by atoms with Crippen molar-refractivity contribution in [3.63, 3.8) is 0 Å². The number of hydrogen-bond acceptors (Lipinski definition) is 8. The zero-order chi connectivity index (χ0) is 34.4. The lowest BCUT2D eigenvalue weighted by Crippen LogP contribution is -2.48. The second kappa shape index (κ2) is 29.2. The Labute approximate surface area is 287 Å². The Morgan fingerprint density at radius 2 is 0.957 bits per heavy atom. The molecule has 0 aromatic rings. The van der Waals surface area contributed by atoms with Gasteiger partial charge in [0.1, 0.15) is 13.2 Å². The van der Waals surface area contributed by atoms with Crippen molar-refractivity contribution >= 4 is 17.8 Å². The van der Waals surface area contributed by atoms with E-state index in [9.17, 15) is 24.6 Å². The van der Waals surface area contributed by atoms with Crippen LogP contribution < -0.4 is 0 Å². The second-order valence-electron chi connectivity index (χ2n) is 13.9. The number of ether oxygens (including phenoxy) is 2. The van der Waals surface area contributed by atoms with Gasteiger partial charge in [-0.1, -0.05) is 117 Å². The van der Waals surface area contributed by atoms with Gasteiger partial charge in [-0.2, -0.15) is 0 Å². The number of hydrogen-bond donors (Lipinski definition) is 2. The van der Waals surface area contributed by atoms with Crippen LogP contribution in [0.25, 0.3) is 0 Å². The molecule has 1 rings (SSSR count). The summed E-state index contributed by atoms with van der Waals surface area (Å²) in [6, 6.07) is 0. The van der Waals surface area contributed by atoms with E-state index in [0.717, 1.165) is 38.5 Å². The van der Waals surface area contributed by atoms with Crippen LogP contribution in [-0.2, 0) is 23.9 Å². The van der Waals surface area contributed by atoms with Crippen LogP contribution in [-0.4, -0.2) is 97.0 Å². The van der Waals surface area contributed by atoms with Gasteiger partial charge in [-0.15, -0.1) is 0 Å². The third-order valence-corrected chi connectivity index (χ3v) is 9.70. The molecule has 0 aromatic heterocycles. The first-order valence-corrected chi connectivity index (χ1v) is 19.4. The van der Waals surface area contributed by atoms with E-state index in [1.807, 2.05) is 9.80 Å². The summed E-state index contributed by atoms with van der Waals surface area (Å²) >= 11 is 0. The lowest BCUT2D eigenvalue weighted by atomic mass is 9.79. The van der Waals surface area contributed by atoms with Crippen molar-refractivity contribution in [3.8, 4) is 0 Å². The SMILES string of the molecule is CCCCCCCCCCCC(=O)OCC1(COC(=O)CCCCCCCCCCC)CCN(C(=O)CCN(CCO)CCO)CC1. The minimum Gasteiger partial charge on any atom is -0.465 e. The highest BCUT2D eigenvalue weighted by Gasteiger charge is 2.38. The van der Waals surface area contributed by atoms with Gasteiger partial charge in [-0.3, -0.25) is 19.3 Å². The lowest BCUT2D eigenvalue weighted by Gasteiger charge is -2.41. The van der Waals surface area contributed by atoms with Gasteiger partial charge in [0, 0.05) is 57.4 Å². The fraction of sp³-hybridized carbons (Fsp3) is 0.921. The van der Waals surface area contributed by atoms with E-state index in [-0.39, 0.29) is 44.3 Å². The third-order valence-electron chi connectivity index (χ3n) is 9.70. The normalized spacial score (nSPS) is 14.4. The van der Waals surface area contributed by atoms with Gasteiger partial charge in [0.15, 0.2) is 0 Å². The minimum absolute atomic E-state index is 0.0177. The second-order valence-corrected chi connectivity index (χ2v) is 13.9. The maximum Gasteiger partial charge on any atom is 0.305 e. The molecule has 9 heteroatoms. The van der Waals surface area contributed by atoms with Crippen molar-refractivity contribution in [1.29, 1.82) is 0 Å². The third kappa shape index (κ3) is 22.5. The van der Waals surface area contributed by atoms with E-state index in [0.29, 0.717) is 64.8 Å². The molecule has 1 amide bonds. The molecule has 1 aliphatic rings. The smallest absolute Gasteiger partial charge is 0.305 e. The summed E-state index contributed by atoms with van der Waals surface area (Å²) in [7, 11) is 0. The molecule has 0 atom stereocenters. The van der Waals surface area contributed by atoms with Gasteiger partial charge in [0.2, 0.25) is 5.91 Å². The molecule has 0 saturated carbocycles. The number of unbranched alkanes of at least 4 members (excludes halogenated alkanes) is 16. The molecule has 2 N–H and O–H groups in total. The van der Waals surface area contributed by atoms with Gasteiger partial charge >= 0.3 is 11.9 Å². The number of carbonyl (C=O) groups excluding carboxylic acids is 3. The van der Waals surface area contributed by atoms with E-state index in [1.165, 1.54) is 77.0 Å². The van der Waals surface area contributed by atoms with Crippen LogP contribution >= 0.6 is 0 Å². The monoisotopic (exact) mass is 669 g/mol. The molecule has 1 heterocycles. The molecule has 0 aromatic carbocycles. The van der Waals surface area contributed by atoms with Crippen LogP contribution in [0, 0.1) is 5.41 Å². The molecule has 0 radical (unpaired) electrons. The number of amides is 1. The fourth-order valence-electron chi connectivity index (χ4n) is 6.36. The first-order valence-electron chi connectivity index (χ1n) is 19.4. The van der Waals surface area contributed by atoms with Crippen molar-refractivity contribution in [3.05, 3.63) is 0 Å². The Morgan fingerprint density at radius 1 is 0.574 bits per heavy atom. The molecule has 47 heavy (non-hydrogen) atoms. The highest BCUT2D eigenvalue weighted by Crippen LogP contribution is 2.33. The largest absolute Gasteiger partial charge is 0.465 e. The maximum atomic E-state index is 13.0. The number of aliphatic hydroxyl groups is 2. The molecule has 276 valence electrons. The number of piperidine rings is 1. The zero-order valence-electron chi connectivity index (χ0n) is 30.5. The predicted octanol–water partition coefficient (Wildman–Crippen LogP) is 7.20. The number of esters is 2. The summed E-state index contributed by atoms with van der Waals surface area (Å²) in [6.07, 6.45) is 23.8. The van der Waals surface area contributed by atoms with Crippen molar-refractivity contribution < 1.29 is 34.1 Å². The molecule has 9 nitrogen and oxygen atoms in total. The molecular formula is C38H72N2O7. The van der Waals surface area contributed by atoms with Crippen molar-refractivity contribution in [1.82, 2.24) is 9.80 Å². The standard InChI is InChI=1S/C38H72N2O7/c1-3-5-7-9-11-13-15-17-19-21-36(44)46-33-38(34-47-37(45)22-20-18-16-14-12-10-8-6-4-2)24-27-40(28-25-38)35(43)23-26-39(29-31-41)30-32-42/h41-42H,3-34H2,1-2H3. The Hall–Kier alpha value is -1.71. The van der Waals surface area contributed by atoms with Gasteiger partial charge in [-0.25, -0.2) is 0 Å². The molecule has 0 spiro atoms. The molecule has 0 aliphatic carbocycles. The van der Waals surface area contributed by atoms with Gasteiger partial charge in [-0.05, 0) is 25.7 Å². The van der Waals surface area contributed by atoms with E-state index < -0.39 is 5.41 Å². The van der Waals surface area contributed by atoms with Crippen LogP contribution in [0.4, 0.5) is 0 Å². The van der Waals surface area contributed by atoms with Crippen LogP contribution in [0.5, 0.6) is 0 Å². The van der Waals surface area contributed by atoms with Gasteiger partial charge < -0.3 is 24.6 Å². The Balaban J connectivity index is 2.52. The van der Waals surface area contributed by atoms with Crippen molar-refractivity contribution in [2.75, 3.05) is 59.2 Å². The summed E-state index contributed by atoms with van der Waals surface area (Å²) in [4.78, 5) is 42.0.